The van der Waals surface area contributed by atoms with E-state index in [-0.39, 0.29) is 5.56 Å². The first-order valence-corrected chi connectivity index (χ1v) is 8.71. The van der Waals surface area contributed by atoms with E-state index in [4.69, 9.17) is 0 Å². The maximum absolute atomic E-state index is 12.2. The maximum atomic E-state index is 12.2. The van der Waals surface area contributed by atoms with Crippen molar-refractivity contribution >= 4 is 33.0 Å². The van der Waals surface area contributed by atoms with Crippen molar-refractivity contribution in [3.8, 4) is 0 Å². The Labute approximate surface area is 135 Å². The lowest BCUT2D eigenvalue weighted by molar-refractivity contribution is 0.532. The fraction of sp³-hybridized carbons (Fsp3) is 0.500. The van der Waals surface area contributed by atoms with Crippen LogP contribution in [-0.2, 0) is 19.5 Å². The Hall–Kier alpha value is -1.21. The molecule has 0 atom stereocenters. The third-order valence-electron chi connectivity index (χ3n) is 3.49. The van der Waals surface area contributed by atoms with Crippen LogP contribution < -0.4 is 10.9 Å². The van der Waals surface area contributed by atoms with E-state index in [1.54, 1.807) is 22.2 Å². The van der Waals surface area contributed by atoms with Crippen molar-refractivity contribution < 1.29 is 0 Å². The highest BCUT2D eigenvalue weighted by atomic mass is 79.9. The standard InChI is InChI=1S/C14H17BrN4OS/c1-2-10-5-17-12(21-10)7-16-11-6-18-19(8-9-3-4-9)14(20)13(11)15/h5-6,9,16H,2-4,7-8H2,1H3. The van der Waals surface area contributed by atoms with E-state index in [9.17, 15) is 4.79 Å². The molecule has 5 nitrogen and oxygen atoms in total. The quantitative estimate of drug-likeness (QED) is 0.850. The molecular weight excluding hydrogens is 352 g/mol. The first kappa shape index (κ1) is 14.7. The molecule has 0 aliphatic heterocycles. The number of hydrogen-bond donors (Lipinski definition) is 1. The zero-order valence-corrected chi connectivity index (χ0v) is 14.2. The summed E-state index contributed by atoms with van der Waals surface area (Å²) in [5.74, 6) is 0.628. The van der Waals surface area contributed by atoms with Gasteiger partial charge in [0.1, 0.15) is 9.48 Å². The summed E-state index contributed by atoms with van der Waals surface area (Å²) in [6, 6.07) is 0. The van der Waals surface area contributed by atoms with Crippen molar-refractivity contribution in [1.82, 2.24) is 14.8 Å². The van der Waals surface area contributed by atoms with E-state index in [0.29, 0.717) is 16.9 Å². The lowest BCUT2D eigenvalue weighted by Gasteiger charge is -2.09. The molecule has 2 aromatic rings. The van der Waals surface area contributed by atoms with Crippen LogP contribution in [0.2, 0.25) is 0 Å². The first-order chi connectivity index (χ1) is 10.2. The lowest BCUT2D eigenvalue weighted by Crippen LogP contribution is -2.25. The van der Waals surface area contributed by atoms with Crippen LogP contribution in [0.25, 0.3) is 0 Å². The third kappa shape index (κ3) is 3.52. The molecule has 0 bridgehead atoms. The molecule has 2 heterocycles. The summed E-state index contributed by atoms with van der Waals surface area (Å²) in [5, 5.41) is 8.49. The zero-order valence-electron chi connectivity index (χ0n) is 11.8. The molecular formula is C14H17BrN4OS. The predicted octanol–water partition coefficient (Wildman–Crippen LogP) is 3.05. The molecule has 0 spiro atoms. The minimum Gasteiger partial charge on any atom is -0.376 e. The van der Waals surface area contributed by atoms with Crippen LogP contribution in [0.1, 0.15) is 29.7 Å². The van der Waals surface area contributed by atoms with Gasteiger partial charge in [0.15, 0.2) is 0 Å². The van der Waals surface area contributed by atoms with Crippen LogP contribution in [0, 0.1) is 5.92 Å². The number of nitrogens with one attached hydrogen (secondary N) is 1. The van der Waals surface area contributed by atoms with Gasteiger partial charge in [0.05, 0.1) is 18.4 Å². The highest BCUT2D eigenvalue weighted by Gasteiger charge is 2.23. The highest BCUT2D eigenvalue weighted by Crippen LogP contribution is 2.30. The molecule has 112 valence electrons. The molecule has 21 heavy (non-hydrogen) atoms. The number of nitrogens with zero attached hydrogens (tertiary/aromatic N) is 3. The van der Waals surface area contributed by atoms with Gasteiger partial charge in [-0.1, -0.05) is 6.92 Å². The van der Waals surface area contributed by atoms with E-state index in [1.807, 2.05) is 6.20 Å². The van der Waals surface area contributed by atoms with Gasteiger partial charge in [-0.25, -0.2) is 9.67 Å². The van der Waals surface area contributed by atoms with Crippen molar-refractivity contribution in [1.29, 1.82) is 0 Å². The predicted molar refractivity (Wildman–Crippen MR) is 87.7 cm³/mol. The molecule has 0 unspecified atom stereocenters. The summed E-state index contributed by atoms with van der Waals surface area (Å²) in [6.07, 6.45) is 7.02. The van der Waals surface area contributed by atoms with Gasteiger partial charge in [0.25, 0.3) is 5.56 Å². The number of aryl methyl sites for hydroxylation is 1. The summed E-state index contributed by atoms with van der Waals surface area (Å²) < 4.78 is 2.09. The van der Waals surface area contributed by atoms with Gasteiger partial charge in [0.2, 0.25) is 0 Å². The third-order valence-corrected chi connectivity index (χ3v) is 5.40. The maximum Gasteiger partial charge on any atom is 0.283 e. The van der Waals surface area contributed by atoms with Gasteiger partial charge >= 0.3 is 0 Å². The van der Waals surface area contributed by atoms with Crippen molar-refractivity contribution in [2.24, 2.45) is 5.92 Å². The minimum atomic E-state index is -0.0692. The van der Waals surface area contributed by atoms with E-state index in [0.717, 1.165) is 23.7 Å². The molecule has 1 N–H and O–H groups in total. The molecule has 0 saturated heterocycles. The van der Waals surface area contributed by atoms with E-state index < -0.39 is 0 Å². The first-order valence-electron chi connectivity index (χ1n) is 7.10. The number of rotatable bonds is 6. The fourth-order valence-electron chi connectivity index (χ4n) is 2.03. The Morgan fingerprint density at radius 2 is 2.29 bits per heavy atom. The Morgan fingerprint density at radius 1 is 1.48 bits per heavy atom. The smallest absolute Gasteiger partial charge is 0.283 e. The SMILES string of the molecule is CCc1cnc(CNc2cnn(CC3CC3)c(=O)c2Br)s1. The fourth-order valence-corrected chi connectivity index (χ4v) is 3.28. The van der Waals surface area contributed by atoms with E-state index in [1.165, 1.54) is 17.7 Å². The van der Waals surface area contributed by atoms with Gasteiger partial charge in [-0.15, -0.1) is 11.3 Å². The van der Waals surface area contributed by atoms with Crippen molar-refractivity contribution in [2.45, 2.75) is 39.3 Å². The molecule has 1 aliphatic rings. The Morgan fingerprint density at radius 3 is 2.95 bits per heavy atom. The van der Waals surface area contributed by atoms with Crippen LogP contribution in [0.4, 0.5) is 5.69 Å². The normalized spacial score (nSPS) is 14.4. The number of aromatic nitrogens is 3. The number of hydrogen-bond acceptors (Lipinski definition) is 5. The molecule has 0 aromatic carbocycles. The minimum absolute atomic E-state index is 0.0692. The Balaban J connectivity index is 1.70. The highest BCUT2D eigenvalue weighted by molar-refractivity contribution is 9.10. The average molecular weight is 369 g/mol. The van der Waals surface area contributed by atoms with Crippen LogP contribution in [0.15, 0.2) is 21.7 Å². The number of thiazole rings is 1. The Bertz CT molecular complexity index is 693. The van der Waals surface area contributed by atoms with Gasteiger partial charge in [-0.2, -0.15) is 5.10 Å². The van der Waals surface area contributed by atoms with Gasteiger partial charge in [0, 0.05) is 17.6 Å². The summed E-state index contributed by atoms with van der Waals surface area (Å²) >= 11 is 5.07. The van der Waals surface area contributed by atoms with Crippen molar-refractivity contribution in [2.75, 3.05) is 5.32 Å². The number of halogens is 1. The zero-order chi connectivity index (χ0) is 14.8. The van der Waals surface area contributed by atoms with Crippen molar-refractivity contribution in [3.63, 3.8) is 0 Å². The second-order valence-electron chi connectivity index (χ2n) is 5.23. The van der Waals surface area contributed by atoms with E-state index in [2.05, 4.69) is 38.3 Å². The summed E-state index contributed by atoms with van der Waals surface area (Å²) in [4.78, 5) is 17.8. The molecule has 7 heteroatoms. The molecule has 0 radical (unpaired) electrons. The monoisotopic (exact) mass is 368 g/mol. The van der Waals surface area contributed by atoms with Crippen molar-refractivity contribution in [3.05, 3.63) is 37.1 Å². The molecule has 2 aromatic heterocycles. The summed E-state index contributed by atoms with van der Waals surface area (Å²) in [6.45, 7) is 3.45. The largest absolute Gasteiger partial charge is 0.376 e. The summed E-state index contributed by atoms with van der Waals surface area (Å²) in [7, 11) is 0. The molecule has 1 aliphatic carbocycles. The Kier molecular flexibility index (Phi) is 4.40. The van der Waals surface area contributed by atoms with Gasteiger partial charge in [-0.05, 0) is 41.1 Å². The topological polar surface area (TPSA) is 59.8 Å². The van der Waals surface area contributed by atoms with Gasteiger partial charge < -0.3 is 5.32 Å². The second-order valence-corrected chi connectivity index (χ2v) is 7.22. The lowest BCUT2D eigenvalue weighted by atomic mass is 10.4. The molecule has 0 amide bonds. The number of anilines is 1. The van der Waals surface area contributed by atoms with Crippen LogP contribution in [0.5, 0.6) is 0 Å². The second kappa shape index (κ2) is 6.27. The molecule has 1 fully saturated rings. The summed E-state index contributed by atoms with van der Waals surface area (Å²) in [5.41, 5.74) is 0.653. The average Bonchev–Trinajstić information content (AvgIpc) is 3.18. The molecule has 3 rings (SSSR count). The molecule has 1 saturated carbocycles. The van der Waals surface area contributed by atoms with Crippen LogP contribution in [-0.4, -0.2) is 14.8 Å². The van der Waals surface area contributed by atoms with Gasteiger partial charge in [-0.3, -0.25) is 4.79 Å². The van der Waals surface area contributed by atoms with Crippen LogP contribution in [0.3, 0.4) is 0 Å². The van der Waals surface area contributed by atoms with Crippen LogP contribution >= 0.6 is 27.3 Å². The van der Waals surface area contributed by atoms with E-state index >= 15 is 0 Å².